The summed E-state index contributed by atoms with van der Waals surface area (Å²) >= 11 is 1.58. The second-order valence-corrected chi connectivity index (χ2v) is 5.18. The predicted octanol–water partition coefficient (Wildman–Crippen LogP) is 3.30. The lowest BCUT2D eigenvalue weighted by Gasteiger charge is -2.11. The predicted molar refractivity (Wildman–Crippen MR) is 70.6 cm³/mol. The van der Waals surface area contributed by atoms with Crippen LogP contribution in [0.15, 0.2) is 29.6 Å². The molecule has 0 aliphatic heterocycles. The van der Waals surface area contributed by atoms with E-state index in [4.69, 9.17) is 5.73 Å². The zero-order chi connectivity index (χ0) is 13.8. The van der Waals surface area contributed by atoms with Crippen LogP contribution in [0.4, 0.5) is 8.78 Å². The van der Waals surface area contributed by atoms with Crippen LogP contribution < -0.4 is 10.5 Å². The van der Waals surface area contributed by atoms with Gasteiger partial charge in [-0.25, -0.2) is 4.98 Å². The fraction of sp³-hybridized carbons (Fsp3) is 0.308. The smallest absolute Gasteiger partial charge is 0.387 e. The first-order valence-electron chi connectivity index (χ1n) is 5.76. The first-order valence-corrected chi connectivity index (χ1v) is 6.64. The normalized spacial score (nSPS) is 12.7. The first-order chi connectivity index (χ1) is 9.04. The number of benzene rings is 1. The van der Waals surface area contributed by atoms with Gasteiger partial charge >= 0.3 is 6.61 Å². The molecule has 2 aromatic rings. The number of nitrogens with zero attached hydrogens (tertiary/aromatic N) is 1. The Bertz CT molecular complexity index is 528. The Balaban J connectivity index is 2.01. The summed E-state index contributed by atoms with van der Waals surface area (Å²) in [5, 5.41) is 2.98. The van der Waals surface area contributed by atoms with Crippen LogP contribution in [0.2, 0.25) is 0 Å². The summed E-state index contributed by atoms with van der Waals surface area (Å²) in [5.74, 6) is 0.135. The number of hydrogen-bond donors (Lipinski definition) is 1. The van der Waals surface area contributed by atoms with Crippen LogP contribution in [0.25, 0.3) is 0 Å². The van der Waals surface area contributed by atoms with Gasteiger partial charge in [0.1, 0.15) is 5.75 Å². The Kier molecular flexibility index (Phi) is 4.44. The van der Waals surface area contributed by atoms with E-state index in [0.29, 0.717) is 6.42 Å². The summed E-state index contributed by atoms with van der Waals surface area (Å²) in [6.07, 6.45) is 0.624. The topological polar surface area (TPSA) is 48.1 Å². The standard InChI is InChI=1S/C13H14F2N2OS/c1-8-17-10(7-19-8)6-12(16)9-2-4-11(5-3-9)18-13(14)15/h2-5,7,12-13H,6,16H2,1H3. The van der Waals surface area contributed by atoms with Crippen molar-refractivity contribution in [2.24, 2.45) is 5.73 Å². The van der Waals surface area contributed by atoms with Crippen molar-refractivity contribution in [2.45, 2.75) is 26.0 Å². The Morgan fingerprint density at radius 3 is 2.53 bits per heavy atom. The zero-order valence-electron chi connectivity index (χ0n) is 10.3. The molecule has 1 heterocycles. The molecule has 3 nitrogen and oxygen atoms in total. The Labute approximate surface area is 114 Å². The van der Waals surface area contributed by atoms with Crippen LogP contribution >= 0.6 is 11.3 Å². The number of aryl methyl sites for hydroxylation is 1. The van der Waals surface area contributed by atoms with Gasteiger partial charge in [0.15, 0.2) is 0 Å². The van der Waals surface area contributed by atoms with Crippen LogP contribution in [-0.4, -0.2) is 11.6 Å². The van der Waals surface area contributed by atoms with Gasteiger partial charge in [-0.3, -0.25) is 0 Å². The molecule has 0 aliphatic rings. The van der Waals surface area contributed by atoms with Crippen LogP contribution in [-0.2, 0) is 6.42 Å². The van der Waals surface area contributed by atoms with E-state index in [-0.39, 0.29) is 11.8 Å². The third-order valence-electron chi connectivity index (χ3n) is 2.63. The molecule has 0 amide bonds. The van der Waals surface area contributed by atoms with E-state index in [1.54, 1.807) is 23.5 Å². The minimum atomic E-state index is -2.81. The molecule has 19 heavy (non-hydrogen) atoms. The average Bonchev–Trinajstić information content (AvgIpc) is 2.75. The highest BCUT2D eigenvalue weighted by Gasteiger charge is 2.10. The lowest BCUT2D eigenvalue weighted by atomic mass is 10.0. The van der Waals surface area contributed by atoms with Gasteiger partial charge in [-0.05, 0) is 24.6 Å². The van der Waals surface area contributed by atoms with Gasteiger partial charge in [-0.15, -0.1) is 11.3 Å². The Morgan fingerprint density at radius 2 is 2.00 bits per heavy atom. The number of rotatable bonds is 5. The second kappa shape index (κ2) is 6.08. The van der Waals surface area contributed by atoms with Gasteiger partial charge in [0.05, 0.1) is 10.7 Å². The molecule has 0 fully saturated rings. The summed E-state index contributed by atoms with van der Waals surface area (Å²) < 4.78 is 28.3. The largest absolute Gasteiger partial charge is 0.435 e. The van der Waals surface area contributed by atoms with Crippen molar-refractivity contribution in [2.75, 3.05) is 0 Å². The van der Waals surface area contributed by atoms with Crippen molar-refractivity contribution < 1.29 is 13.5 Å². The molecule has 1 unspecified atom stereocenters. The monoisotopic (exact) mass is 284 g/mol. The first kappa shape index (κ1) is 13.9. The van der Waals surface area contributed by atoms with Gasteiger partial charge in [-0.2, -0.15) is 8.78 Å². The molecule has 0 aliphatic carbocycles. The molecule has 1 atom stereocenters. The van der Waals surface area contributed by atoms with Gasteiger partial charge in [0.25, 0.3) is 0 Å². The van der Waals surface area contributed by atoms with Gasteiger partial charge in [-0.1, -0.05) is 12.1 Å². The highest BCUT2D eigenvalue weighted by Crippen LogP contribution is 2.21. The van der Waals surface area contributed by atoms with Crippen molar-refractivity contribution in [3.63, 3.8) is 0 Å². The van der Waals surface area contributed by atoms with E-state index in [0.717, 1.165) is 16.3 Å². The summed E-state index contributed by atoms with van der Waals surface area (Å²) in [5.41, 5.74) is 7.88. The van der Waals surface area contributed by atoms with Crippen molar-refractivity contribution in [3.8, 4) is 5.75 Å². The second-order valence-electron chi connectivity index (χ2n) is 4.12. The number of alkyl halides is 2. The number of halogens is 2. The molecule has 1 aromatic carbocycles. The molecule has 0 spiro atoms. The van der Waals surface area contributed by atoms with Gasteiger partial charge < -0.3 is 10.5 Å². The van der Waals surface area contributed by atoms with E-state index in [1.807, 2.05) is 12.3 Å². The summed E-state index contributed by atoms with van der Waals surface area (Å²) in [4.78, 5) is 4.35. The third-order valence-corrected chi connectivity index (χ3v) is 3.45. The maximum Gasteiger partial charge on any atom is 0.387 e. The van der Waals surface area contributed by atoms with Crippen molar-refractivity contribution in [1.82, 2.24) is 4.98 Å². The minimum absolute atomic E-state index is 0.135. The molecule has 2 N–H and O–H groups in total. The minimum Gasteiger partial charge on any atom is -0.435 e. The Morgan fingerprint density at radius 1 is 1.32 bits per heavy atom. The van der Waals surface area contributed by atoms with E-state index in [1.165, 1.54) is 12.1 Å². The molecule has 0 radical (unpaired) electrons. The van der Waals surface area contributed by atoms with Crippen LogP contribution in [0, 0.1) is 6.92 Å². The zero-order valence-corrected chi connectivity index (χ0v) is 11.2. The van der Waals surface area contributed by atoms with Crippen LogP contribution in [0.5, 0.6) is 5.75 Å². The van der Waals surface area contributed by atoms with Crippen molar-refractivity contribution in [3.05, 3.63) is 45.9 Å². The van der Waals surface area contributed by atoms with Crippen LogP contribution in [0.3, 0.4) is 0 Å². The number of ether oxygens (including phenoxy) is 1. The third kappa shape index (κ3) is 3.97. The SMILES string of the molecule is Cc1nc(CC(N)c2ccc(OC(F)F)cc2)cs1. The fourth-order valence-corrected chi connectivity index (χ4v) is 2.37. The summed E-state index contributed by atoms with van der Waals surface area (Å²) in [6.45, 7) is -0.867. The lowest BCUT2D eigenvalue weighted by molar-refractivity contribution is -0.0498. The van der Waals surface area contributed by atoms with E-state index < -0.39 is 6.61 Å². The molecule has 6 heteroatoms. The molecular formula is C13H14F2N2OS. The highest BCUT2D eigenvalue weighted by molar-refractivity contribution is 7.09. The summed E-state index contributed by atoms with van der Waals surface area (Å²) in [6, 6.07) is 6.17. The van der Waals surface area contributed by atoms with E-state index in [2.05, 4.69) is 9.72 Å². The fourth-order valence-electron chi connectivity index (χ4n) is 1.74. The number of hydrogen-bond acceptors (Lipinski definition) is 4. The number of nitrogens with two attached hydrogens (primary N) is 1. The van der Waals surface area contributed by atoms with E-state index in [9.17, 15) is 8.78 Å². The van der Waals surface area contributed by atoms with Crippen LogP contribution in [0.1, 0.15) is 22.3 Å². The van der Waals surface area contributed by atoms with Crippen molar-refractivity contribution in [1.29, 1.82) is 0 Å². The number of aromatic nitrogens is 1. The summed E-state index contributed by atoms with van der Waals surface area (Å²) in [7, 11) is 0. The molecule has 2 rings (SSSR count). The maximum absolute atomic E-state index is 12.0. The van der Waals surface area contributed by atoms with Gasteiger partial charge in [0.2, 0.25) is 0 Å². The van der Waals surface area contributed by atoms with E-state index >= 15 is 0 Å². The quantitative estimate of drug-likeness (QED) is 0.916. The maximum atomic E-state index is 12.0. The average molecular weight is 284 g/mol. The lowest BCUT2D eigenvalue weighted by Crippen LogP contribution is -2.13. The molecule has 0 saturated heterocycles. The molecule has 1 aromatic heterocycles. The Hall–Kier alpha value is -1.53. The molecule has 102 valence electrons. The molecule has 0 bridgehead atoms. The molecular weight excluding hydrogens is 270 g/mol. The molecule has 0 saturated carbocycles. The van der Waals surface area contributed by atoms with Gasteiger partial charge in [0, 0.05) is 17.8 Å². The number of thiazole rings is 1. The highest BCUT2D eigenvalue weighted by atomic mass is 32.1. The van der Waals surface area contributed by atoms with Crippen molar-refractivity contribution >= 4 is 11.3 Å².